The third-order valence-corrected chi connectivity index (χ3v) is 6.44. The number of nitrogens with zero attached hydrogens (tertiary/aromatic N) is 4. The number of carbonyl (C=O) groups is 1. The molecule has 0 atom stereocenters. The van der Waals surface area contributed by atoms with E-state index in [0.29, 0.717) is 16.0 Å². The maximum absolute atomic E-state index is 12.4. The van der Waals surface area contributed by atoms with Gasteiger partial charge in [-0.15, -0.1) is 10.2 Å². The molecule has 11 heteroatoms. The van der Waals surface area contributed by atoms with Gasteiger partial charge in [-0.3, -0.25) is 9.36 Å². The van der Waals surface area contributed by atoms with Gasteiger partial charge in [0.15, 0.2) is 11.0 Å². The van der Waals surface area contributed by atoms with Gasteiger partial charge in [-0.25, -0.2) is 5.43 Å². The molecule has 4 aromatic rings. The van der Waals surface area contributed by atoms with Gasteiger partial charge in [0.25, 0.3) is 5.91 Å². The molecule has 34 heavy (non-hydrogen) atoms. The lowest BCUT2D eigenvalue weighted by molar-refractivity contribution is -0.118. The van der Waals surface area contributed by atoms with Crippen LogP contribution in [0.1, 0.15) is 5.56 Å². The number of phenolic OH excluding ortho intramolecular Hbond substituents is 1. The minimum atomic E-state index is -0.361. The standard InChI is InChI=1S/C23H16BrCl2N5O2S/c24-16-6-4-5-14(9-16)22-29-30-23(31(22)18-7-2-1-3-8-18)34-13-20(32)28-27-12-15-10-17(25)11-19(26)21(15)33/h1-12,33H,13H2,(H,28,32)/b27-12+. The van der Waals surface area contributed by atoms with Gasteiger partial charge in [0.05, 0.1) is 17.0 Å². The van der Waals surface area contributed by atoms with Crippen LogP contribution in [-0.4, -0.2) is 37.7 Å². The number of aromatic hydroxyl groups is 1. The number of aromatic nitrogens is 3. The molecule has 2 N–H and O–H groups in total. The lowest BCUT2D eigenvalue weighted by Crippen LogP contribution is -2.20. The molecule has 0 spiro atoms. The second-order valence-corrected chi connectivity index (χ2v) is 9.60. The number of para-hydroxylation sites is 1. The van der Waals surface area contributed by atoms with Crippen LogP contribution in [-0.2, 0) is 4.79 Å². The molecule has 0 aliphatic heterocycles. The highest BCUT2D eigenvalue weighted by molar-refractivity contribution is 9.10. The van der Waals surface area contributed by atoms with E-state index in [0.717, 1.165) is 15.7 Å². The molecule has 0 aliphatic rings. The zero-order valence-electron chi connectivity index (χ0n) is 17.3. The van der Waals surface area contributed by atoms with Crippen LogP contribution in [0.2, 0.25) is 10.0 Å². The van der Waals surface area contributed by atoms with Crippen molar-refractivity contribution in [1.29, 1.82) is 0 Å². The van der Waals surface area contributed by atoms with Gasteiger partial charge in [0.1, 0.15) is 5.75 Å². The van der Waals surface area contributed by atoms with Crippen LogP contribution in [0.25, 0.3) is 17.1 Å². The number of hydrazone groups is 1. The van der Waals surface area contributed by atoms with Gasteiger partial charge in [-0.2, -0.15) is 5.10 Å². The summed E-state index contributed by atoms with van der Waals surface area (Å²) in [6, 6.07) is 20.3. The zero-order valence-corrected chi connectivity index (χ0v) is 21.2. The van der Waals surface area contributed by atoms with Gasteiger partial charge >= 0.3 is 0 Å². The molecule has 1 amide bonds. The molecule has 0 radical (unpaired) electrons. The molecule has 7 nitrogen and oxygen atoms in total. The third-order valence-electron chi connectivity index (χ3n) is 4.51. The number of amides is 1. The maximum atomic E-state index is 12.4. The molecule has 1 heterocycles. The van der Waals surface area contributed by atoms with Crippen molar-refractivity contribution in [2.75, 3.05) is 5.75 Å². The number of carbonyl (C=O) groups excluding carboxylic acids is 1. The third kappa shape index (κ3) is 5.79. The SMILES string of the molecule is O=C(CSc1nnc(-c2cccc(Br)c2)n1-c1ccccc1)N/N=C/c1cc(Cl)cc(Cl)c1O. The van der Waals surface area contributed by atoms with Crippen molar-refractivity contribution in [3.8, 4) is 22.8 Å². The number of rotatable bonds is 7. The van der Waals surface area contributed by atoms with E-state index >= 15 is 0 Å². The van der Waals surface area contributed by atoms with E-state index < -0.39 is 0 Å². The molecule has 172 valence electrons. The fourth-order valence-electron chi connectivity index (χ4n) is 3.01. The van der Waals surface area contributed by atoms with Crippen LogP contribution in [0.3, 0.4) is 0 Å². The Balaban J connectivity index is 1.50. The number of hydrogen-bond acceptors (Lipinski definition) is 6. The number of phenols is 1. The minimum absolute atomic E-state index is 0.0447. The van der Waals surface area contributed by atoms with E-state index in [9.17, 15) is 9.90 Å². The zero-order chi connectivity index (χ0) is 24.1. The van der Waals surface area contributed by atoms with Crippen LogP contribution in [0, 0.1) is 0 Å². The fourth-order valence-corrected chi connectivity index (χ4v) is 4.66. The van der Waals surface area contributed by atoms with Gasteiger partial charge in [-0.05, 0) is 36.4 Å². The van der Waals surface area contributed by atoms with E-state index in [-0.39, 0.29) is 28.0 Å². The Hall–Kier alpha value is -2.85. The summed E-state index contributed by atoms with van der Waals surface area (Å²) in [5, 5.41) is 23.5. The van der Waals surface area contributed by atoms with E-state index in [1.807, 2.05) is 59.2 Å². The van der Waals surface area contributed by atoms with Crippen molar-refractivity contribution in [2.24, 2.45) is 5.10 Å². The van der Waals surface area contributed by atoms with Crippen molar-refractivity contribution in [3.63, 3.8) is 0 Å². The molecule has 0 saturated heterocycles. The van der Waals surface area contributed by atoms with Gasteiger partial charge in [-0.1, -0.05) is 81.2 Å². The first-order valence-electron chi connectivity index (χ1n) is 9.82. The smallest absolute Gasteiger partial charge is 0.250 e. The monoisotopic (exact) mass is 575 g/mol. The predicted molar refractivity (Wildman–Crippen MR) is 139 cm³/mol. The molecular weight excluding hydrogens is 561 g/mol. The van der Waals surface area contributed by atoms with E-state index in [1.165, 1.54) is 30.1 Å². The van der Waals surface area contributed by atoms with Crippen LogP contribution >= 0.6 is 50.9 Å². The summed E-state index contributed by atoms with van der Waals surface area (Å²) in [7, 11) is 0. The second-order valence-electron chi connectivity index (χ2n) is 6.89. The number of hydrogen-bond donors (Lipinski definition) is 2. The van der Waals surface area contributed by atoms with Crippen LogP contribution < -0.4 is 5.43 Å². The van der Waals surface area contributed by atoms with Crippen LogP contribution in [0.5, 0.6) is 5.75 Å². The van der Waals surface area contributed by atoms with Crippen molar-refractivity contribution < 1.29 is 9.90 Å². The maximum Gasteiger partial charge on any atom is 0.250 e. The first kappa shape index (κ1) is 24.3. The molecule has 0 bridgehead atoms. The Kier molecular flexibility index (Phi) is 7.89. The van der Waals surface area contributed by atoms with E-state index in [1.54, 1.807) is 0 Å². The molecule has 3 aromatic carbocycles. The fraction of sp³-hybridized carbons (Fsp3) is 0.0435. The minimum Gasteiger partial charge on any atom is -0.506 e. The number of thioether (sulfide) groups is 1. The van der Waals surface area contributed by atoms with Crippen LogP contribution in [0.15, 0.2) is 81.5 Å². The Morgan fingerprint density at radius 1 is 1.12 bits per heavy atom. The average Bonchev–Trinajstić information content (AvgIpc) is 3.25. The molecular formula is C23H16BrCl2N5O2S. The quantitative estimate of drug-likeness (QED) is 0.161. The largest absolute Gasteiger partial charge is 0.506 e. The molecule has 0 fully saturated rings. The molecule has 1 aromatic heterocycles. The Bertz CT molecular complexity index is 1360. The van der Waals surface area contributed by atoms with Crippen molar-refractivity contribution in [2.45, 2.75) is 5.16 Å². The topological polar surface area (TPSA) is 92.4 Å². The average molecular weight is 577 g/mol. The summed E-state index contributed by atoms with van der Waals surface area (Å²) in [5.74, 6) is 0.167. The summed E-state index contributed by atoms with van der Waals surface area (Å²) < 4.78 is 2.82. The summed E-state index contributed by atoms with van der Waals surface area (Å²) in [6.07, 6.45) is 1.27. The number of nitrogens with one attached hydrogen (secondary N) is 1. The van der Waals surface area contributed by atoms with E-state index in [4.69, 9.17) is 23.2 Å². The summed E-state index contributed by atoms with van der Waals surface area (Å²) in [4.78, 5) is 12.4. The highest BCUT2D eigenvalue weighted by Gasteiger charge is 2.17. The summed E-state index contributed by atoms with van der Waals surface area (Å²) in [5.41, 5.74) is 4.46. The molecule has 0 aliphatic carbocycles. The lowest BCUT2D eigenvalue weighted by atomic mass is 10.2. The highest BCUT2D eigenvalue weighted by Crippen LogP contribution is 2.30. The summed E-state index contributed by atoms with van der Waals surface area (Å²) >= 11 is 16.5. The van der Waals surface area contributed by atoms with Gasteiger partial charge < -0.3 is 5.11 Å². The summed E-state index contributed by atoms with van der Waals surface area (Å²) in [6.45, 7) is 0. The van der Waals surface area contributed by atoms with Crippen LogP contribution in [0.4, 0.5) is 0 Å². The highest BCUT2D eigenvalue weighted by atomic mass is 79.9. The number of benzene rings is 3. The first-order chi connectivity index (χ1) is 16.4. The first-order valence-corrected chi connectivity index (χ1v) is 12.4. The number of halogens is 3. The van der Waals surface area contributed by atoms with Gasteiger partial charge in [0.2, 0.25) is 0 Å². The molecule has 4 rings (SSSR count). The van der Waals surface area contributed by atoms with Crippen molar-refractivity contribution >= 4 is 63.0 Å². The van der Waals surface area contributed by atoms with E-state index in [2.05, 4.69) is 36.7 Å². The van der Waals surface area contributed by atoms with Crippen molar-refractivity contribution in [3.05, 3.63) is 86.8 Å². The Morgan fingerprint density at radius 2 is 1.91 bits per heavy atom. The Labute approximate surface area is 217 Å². The second kappa shape index (κ2) is 11.1. The lowest BCUT2D eigenvalue weighted by Gasteiger charge is -2.10. The molecule has 0 unspecified atom stereocenters. The normalized spacial score (nSPS) is 11.1. The Morgan fingerprint density at radius 3 is 2.68 bits per heavy atom. The van der Waals surface area contributed by atoms with Crippen molar-refractivity contribution in [1.82, 2.24) is 20.2 Å². The van der Waals surface area contributed by atoms with Gasteiger partial charge in [0, 0.05) is 26.3 Å². The predicted octanol–water partition coefficient (Wildman–Crippen LogP) is 5.95. The molecule has 0 saturated carbocycles.